The van der Waals surface area contributed by atoms with Gasteiger partial charge in [-0.15, -0.1) is 11.3 Å². The first-order valence-electron chi connectivity index (χ1n) is 7.91. The third-order valence-electron chi connectivity index (χ3n) is 3.60. The monoisotopic (exact) mass is 460 g/mol. The summed E-state index contributed by atoms with van der Waals surface area (Å²) in [5, 5.41) is 22.8. The van der Waals surface area contributed by atoms with E-state index in [1.165, 1.54) is 12.1 Å². The lowest BCUT2D eigenvalue weighted by Gasteiger charge is -2.08. The molecule has 0 fully saturated rings. The van der Waals surface area contributed by atoms with Crippen LogP contribution in [0.25, 0.3) is 0 Å². The fraction of sp³-hybridized carbons (Fsp3) is 0.200. The summed E-state index contributed by atoms with van der Waals surface area (Å²) < 4.78 is 45.4. The van der Waals surface area contributed by atoms with Crippen molar-refractivity contribution in [2.75, 3.05) is 5.32 Å². The van der Waals surface area contributed by atoms with Crippen LogP contribution in [0.5, 0.6) is 0 Å². The van der Waals surface area contributed by atoms with Crippen molar-refractivity contribution < 1.29 is 22.6 Å². The predicted molar refractivity (Wildman–Crippen MR) is 103 cm³/mol. The summed E-state index contributed by atoms with van der Waals surface area (Å²) in [6, 6.07) is 3.75. The van der Waals surface area contributed by atoms with Crippen LogP contribution in [0.1, 0.15) is 22.1 Å². The Balaban J connectivity index is 1.79. The van der Waals surface area contributed by atoms with E-state index in [1.54, 1.807) is 13.8 Å². The highest BCUT2D eigenvalue weighted by Gasteiger charge is 2.24. The van der Waals surface area contributed by atoms with Gasteiger partial charge in [0.15, 0.2) is 9.90 Å². The smallest absolute Gasteiger partial charge is 0.252 e. The van der Waals surface area contributed by atoms with Crippen molar-refractivity contribution in [2.45, 2.75) is 24.6 Å². The third-order valence-corrected chi connectivity index (χ3v) is 6.97. The predicted octanol–water partition coefficient (Wildman–Crippen LogP) is 2.66. The molecule has 1 aromatic carbocycles. The average Bonchev–Trinajstić information content (AvgIpc) is 3.27. The molecule has 0 aliphatic rings. The second-order valence-electron chi connectivity index (χ2n) is 5.69. The van der Waals surface area contributed by atoms with Gasteiger partial charge in [-0.2, -0.15) is 0 Å². The van der Waals surface area contributed by atoms with E-state index < -0.39 is 15.8 Å². The summed E-state index contributed by atoms with van der Waals surface area (Å²) in [5.41, 5.74) is 0.689. The molecule has 0 bridgehead atoms. The van der Waals surface area contributed by atoms with Crippen molar-refractivity contribution in [1.29, 1.82) is 0 Å². The maximum absolute atomic E-state index is 13.3. The molecule has 0 saturated heterocycles. The fourth-order valence-electron chi connectivity index (χ4n) is 2.34. The Bertz CT molecular complexity index is 1180. The molecule has 3 rings (SSSR count). The van der Waals surface area contributed by atoms with Crippen molar-refractivity contribution in [2.24, 2.45) is 5.16 Å². The minimum Gasteiger partial charge on any atom is -0.409 e. The van der Waals surface area contributed by atoms with Crippen LogP contribution < -0.4 is 10.0 Å². The zero-order valence-corrected chi connectivity index (χ0v) is 17.4. The van der Waals surface area contributed by atoms with Gasteiger partial charge in [0.1, 0.15) is 11.5 Å². The summed E-state index contributed by atoms with van der Waals surface area (Å²) in [5.74, 6) is -0.820. The number of aromatic nitrogens is 3. The summed E-state index contributed by atoms with van der Waals surface area (Å²) in [7, 11) is -3.85. The van der Waals surface area contributed by atoms with Gasteiger partial charge >= 0.3 is 0 Å². The Labute approximate surface area is 173 Å². The van der Waals surface area contributed by atoms with Gasteiger partial charge in [-0.1, -0.05) is 21.9 Å². The number of rotatable bonds is 6. The summed E-state index contributed by atoms with van der Waals surface area (Å²) in [4.78, 5) is 4.09. The summed E-state index contributed by atoms with van der Waals surface area (Å²) in [6.07, 6.45) is 0. The number of thiazole rings is 1. The maximum atomic E-state index is 13.3. The second kappa shape index (κ2) is 8.41. The lowest BCUT2D eigenvalue weighted by atomic mass is 10.2. The van der Waals surface area contributed by atoms with Gasteiger partial charge in [0.25, 0.3) is 10.0 Å². The van der Waals surface area contributed by atoms with Crippen LogP contribution in [0.4, 0.5) is 10.1 Å². The number of anilines is 1. The SMILES string of the molecule is Cc1nc(C)c(S(=O)(=O)NCc2nonc2/C(=N/O)Nc2ccc(F)c(Cl)c2)s1. The first kappa shape index (κ1) is 21.1. The van der Waals surface area contributed by atoms with E-state index in [0.717, 1.165) is 17.4 Å². The van der Waals surface area contributed by atoms with Gasteiger partial charge in [0.2, 0.25) is 5.84 Å². The number of nitrogens with one attached hydrogen (secondary N) is 2. The number of benzene rings is 1. The Morgan fingerprint density at radius 1 is 1.38 bits per heavy atom. The molecular weight excluding hydrogens is 447 g/mol. The standard InChI is InChI=1S/C15H14ClFN6O4S2/c1-7-15(28-8(2)19-7)29(25,26)18-6-12-13(23-27-22-12)14(21-24)20-9-3-4-11(17)10(16)5-9/h3-5,18,24H,6H2,1-2H3,(H,20,21). The van der Waals surface area contributed by atoms with E-state index in [4.69, 9.17) is 11.6 Å². The highest BCUT2D eigenvalue weighted by Crippen LogP contribution is 2.23. The van der Waals surface area contributed by atoms with Gasteiger partial charge in [-0.05, 0) is 37.2 Å². The Hall–Kier alpha value is -2.61. The molecule has 0 aliphatic carbocycles. The van der Waals surface area contributed by atoms with E-state index in [-0.39, 0.29) is 33.0 Å². The molecule has 0 atom stereocenters. The Morgan fingerprint density at radius 3 is 2.76 bits per heavy atom. The normalized spacial score (nSPS) is 12.3. The van der Waals surface area contributed by atoms with Crippen LogP contribution in [0.2, 0.25) is 5.02 Å². The van der Waals surface area contributed by atoms with E-state index in [9.17, 15) is 18.0 Å². The molecule has 3 N–H and O–H groups in total. The fourth-order valence-corrected chi connectivity index (χ4v) is 5.03. The van der Waals surface area contributed by atoms with Crippen LogP contribution in [0.3, 0.4) is 0 Å². The van der Waals surface area contributed by atoms with Crippen molar-refractivity contribution >= 4 is 44.5 Å². The first-order valence-corrected chi connectivity index (χ1v) is 10.6. The van der Waals surface area contributed by atoms with Gasteiger partial charge in [0.05, 0.1) is 22.3 Å². The number of hydrogen-bond donors (Lipinski definition) is 3. The molecule has 0 amide bonds. The number of hydrogen-bond acceptors (Lipinski definition) is 9. The van der Waals surface area contributed by atoms with E-state index in [2.05, 4.69) is 35.1 Å². The molecule has 2 aromatic heterocycles. The minimum absolute atomic E-state index is 0.0483. The van der Waals surface area contributed by atoms with Gasteiger partial charge in [-0.25, -0.2) is 27.1 Å². The minimum atomic E-state index is -3.85. The highest BCUT2D eigenvalue weighted by atomic mass is 35.5. The Morgan fingerprint density at radius 2 is 2.14 bits per heavy atom. The molecule has 0 radical (unpaired) electrons. The quantitative estimate of drug-likeness (QED) is 0.220. The second-order valence-corrected chi connectivity index (χ2v) is 9.26. The number of sulfonamides is 1. The van der Waals surface area contributed by atoms with Crippen LogP contribution in [-0.2, 0) is 16.6 Å². The molecular formula is C15H14ClFN6O4S2. The molecule has 0 unspecified atom stereocenters. The van der Waals surface area contributed by atoms with Crippen molar-refractivity contribution in [3.63, 3.8) is 0 Å². The summed E-state index contributed by atoms with van der Waals surface area (Å²) in [6.45, 7) is 3.01. The zero-order valence-electron chi connectivity index (χ0n) is 15.0. The molecule has 0 aliphatic heterocycles. The number of amidine groups is 1. The van der Waals surface area contributed by atoms with Gasteiger partial charge < -0.3 is 10.5 Å². The van der Waals surface area contributed by atoms with E-state index in [1.807, 2.05) is 0 Å². The number of aryl methyl sites for hydroxylation is 2. The van der Waals surface area contributed by atoms with E-state index >= 15 is 0 Å². The van der Waals surface area contributed by atoms with E-state index in [0.29, 0.717) is 16.4 Å². The topological polar surface area (TPSA) is 143 Å². The maximum Gasteiger partial charge on any atom is 0.252 e. The molecule has 29 heavy (non-hydrogen) atoms. The van der Waals surface area contributed by atoms with Crippen LogP contribution >= 0.6 is 22.9 Å². The molecule has 0 saturated carbocycles. The van der Waals surface area contributed by atoms with Crippen LogP contribution in [-0.4, -0.2) is 34.8 Å². The van der Waals surface area contributed by atoms with Gasteiger partial charge in [0, 0.05) is 5.69 Å². The lowest BCUT2D eigenvalue weighted by Crippen LogP contribution is -2.25. The molecule has 3 aromatic rings. The lowest BCUT2D eigenvalue weighted by molar-refractivity contribution is 0.300. The Kier molecular flexibility index (Phi) is 6.12. The molecule has 154 valence electrons. The zero-order chi connectivity index (χ0) is 21.2. The average molecular weight is 461 g/mol. The van der Waals surface area contributed by atoms with Gasteiger partial charge in [-0.3, -0.25) is 0 Å². The van der Waals surface area contributed by atoms with Crippen LogP contribution in [0, 0.1) is 19.7 Å². The van der Waals surface area contributed by atoms with Crippen LogP contribution in [0.15, 0.2) is 32.2 Å². The van der Waals surface area contributed by atoms with Crippen molar-refractivity contribution in [1.82, 2.24) is 20.0 Å². The third kappa shape index (κ3) is 4.70. The number of nitrogens with zero attached hydrogens (tertiary/aromatic N) is 4. The van der Waals surface area contributed by atoms with Crippen molar-refractivity contribution in [3.05, 3.63) is 51.1 Å². The first-order chi connectivity index (χ1) is 13.7. The number of halogens is 2. The summed E-state index contributed by atoms with van der Waals surface area (Å²) >= 11 is 6.76. The molecule has 10 nitrogen and oxygen atoms in total. The highest BCUT2D eigenvalue weighted by molar-refractivity contribution is 7.91. The molecule has 0 spiro atoms. The molecule has 2 heterocycles. The largest absolute Gasteiger partial charge is 0.409 e. The van der Waals surface area contributed by atoms with Crippen molar-refractivity contribution in [3.8, 4) is 0 Å². The number of oxime groups is 1. The molecule has 14 heteroatoms.